The second kappa shape index (κ2) is 7.88. The number of pyridine rings is 1. The van der Waals surface area contributed by atoms with Gasteiger partial charge < -0.3 is 5.32 Å². The lowest BCUT2D eigenvalue weighted by Crippen LogP contribution is -2.12. The summed E-state index contributed by atoms with van der Waals surface area (Å²) in [6.45, 7) is 6.28. The van der Waals surface area contributed by atoms with E-state index in [1.165, 1.54) is 0 Å². The van der Waals surface area contributed by atoms with Gasteiger partial charge in [0.1, 0.15) is 0 Å². The van der Waals surface area contributed by atoms with Crippen LogP contribution in [-0.2, 0) is 0 Å². The number of hydrogen-bond donors (Lipinski definition) is 1. The second-order valence-electron chi connectivity index (χ2n) is 7.32. The molecule has 1 N–H and O–H groups in total. The SMILES string of the molecule is CC(C)(C)C#Cc1ccc(-c2ccccc2NC(=O)c2cccnc2)cc1. The molecule has 0 atom stereocenters. The Morgan fingerprint density at radius 3 is 2.37 bits per heavy atom. The summed E-state index contributed by atoms with van der Waals surface area (Å²) in [5, 5.41) is 2.98. The fourth-order valence-electron chi connectivity index (χ4n) is 2.53. The molecule has 0 saturated heterocycles. The standard InChI is InChI=1S/C24H22N2O/c1-24(2,3)15-14-18-10-12-19(13-11-18)21-8-4-5-9-22(21)26-23(27)20-7-6-16-25-17-20/h4-13,16-17H,1-3H3,(H,26,27). The van der Waals surface area contributed by atoms with Gasteiger partial charge in [0.15, 0.2) is 0 Å². The van der Waals surface area contributed by atoms with Crippen LogP contribution in [0.1, 0.15) is 36.7 Å². The van der Waals surface area contributed by atoms with Crippen molar-refractivity contribution in [3.05, 3.63) is 84.2 Å². The number of carbonyl (C=O) groups is 1. The van der Waals surface area contributed by atoms with E-state index in [1.807, 2.05) is 48.5 Å². The number of aromatic nitrogens is 1. The van der Waals surface area contributed by atoms with E-state index in [4.69, 9.17) is 0 Å². The van der Waals surface area contributed by atoms with E-state index in [-0.39, 0.29) is 11.3 Å². The highest BCUT2D eigenvalue weighted by molar-refractivity contribution is 6.06. The van der Waals surface area contributed by atoms with E-state index in [0.29, 0.717) is 5.56 Å². The Balaban J connectivity index is 1.85. The first kappa shape index (κ1) is 18.4. The van der Waals surface area contributed by atoms with Crippen molar-refractivity contribution in [2.45, 2.75) is 20.8 Å². The van der Waals surface area contributed by atoms with Crippen LogP contribution < -0.4 is 5.32 Å². The normalized spacial score (nSPS) is 10.6. The van der Waals surface area contributed by atoms with Crippen molar-refractivity contribution in [3.63, 3.8) is 0 Å². The van der Waals surface area contributed by atoms with Crippen molar-refractivity contribution in [1.29, 1.82) is 0 Å². The van der Waals surface area contributed by atoms with Crippen molar-refractivity contribution >= 4 is 11.6 Å². The quantitative estimate of drug-likeness (QED) is 0.640. The number of anilines is 1. The number of benzene rings is 2. The maximum atomic E-state index is 12.5. The van der Waals surface area contributed by atoms with Crippen molar-refractivity contribution in [3.8, 4) is 23.0 Å². The minimum absolute atomic E-state index is 0.0259. The molecule has 134 valence electrons. The Morgan fingerprint density at radius 1 is 0.963 bits per heavy atom. The Hall–Kier alpha value is -3.38. The van der Waals surface area contributed by atoms with E-state index >= 15 is 0 Å². The third kappa shape index (κ3) is 5.05. The molecule has 1 amide bonds. The van der Waals surface area contributed by atoms with Gasteiger partial charge in [-0.1, -0.05) is 42.2 Å². The highest BCUT2D eigenvalue weighted by Gasteiger charge is 2.10. The fourth-order valence-corrected chi connectivity index (χ4v) is 2.53. The lowest BCUT2D eigenvalue weighted by molar-refractivity contribution is 0.102. The minimum atomic E-state index is -0.178. The zero-order valence-corrected chi connectivity index (χ0v) is 15.8. The largest absolute Gasteiger partial charge is 0.321 e. The first-order valence-corrected chi connectivity index (χ1v) is 8.86. The molecular weight excluding hydrogens is 332 g/mol. The Kier molecular flexibility index (Phi) is 5.38. The fraction of sp³-hybridized carbons (Fsp3) is 0.167. The van der Waals surface area contributed by atoms with Gasteiger partial charge in [-0.25, -0.2) is 0 Å². The van der Waals surface area contributed by atoms with Gasteiger partial charge in [-0.15, -0.1) is 0 Å². The van der Waals surface area contributed by atoms with Crippen molar-refractivity contribution in [1.82, 2.24) is 4.98 Å². The van der Waals surface area contributed by atoms with E-state index < -0.39 is 0 Å². The molecule has 3 rings (SSSR count). The molecule has 3 aromatic rings. The molecule has 2 aromatic carbocycles. The van der Waals surface area contributed by atoms with E-state index in [2.05, 4.69) is 42.9 Å². The Bertz CT molecular complexity index is 988. The van der Waals surface area contributed by atoms with Crippen LogP contribution in [0.15, 0.2) is 73.1 Å². The molecule has 1 aromatic heterocycles. The number of nitrogens with one attached hydrogen (secondary N) is 1. The molecule has 0 fully saturated rings. The molecule has 0 unspecified atom stereocenters. The number of hydrogen-bond acceptors (Lipinski definition) is 2. The van der Waals surface area contributed by atoms with Gasteiger partial charge in [0.25, 0.3) is 5.91 Å². The van der Waals surface area contributed by atoms with Gasteiger partial charge in [-0.3, -0.25) is 9.78 Å². The molecule has 3 nitrogen and oxygen atoms in total. The van der Waals surface area contributed by atoms with E-state index in [0.717, 1.165) is 22.4 Å². The zero-order chi connectivity index (χ0) is 19.3. The number of nitrogens with zero attached hydrogens (tertiary/aromatic N) is 1. The molecule has 0 spiro atoms. The molecule has 1 heterocycles. The van der Waals surface area contributed by atoms with E-state index in [9.17, 15) is 4.79 Å². The van der Waals surface area contributed by atoms with Crippen LogP contribution in [0.3, 0.4) is 0 Å². The highest BCUT2D eigenvalue weighted by Crippen LogP contribution is 2.28. The van der Waals surface area contributed by atoms with Gasteiger partial charge in [0, 0.05) is 34.6 Å². The highest BCUT2D eigenvalue weighted by atomic mass is 16.1. The number of rotatable bonds is 3. The second-order valence-corrected chi connectivity index (χ2v) is 7.32. The molecule has 27 heavy (non-hydrogen) atoms. The van der Waals surface area contributed by atoms with Crippen LogP contribution in [0.5, 0.6) is 0 Å². The molecule has 0 radical (unpaired) electrons. The molecular formula is C24H22N2O. The van der Waals surface area contributed by atoms with Crippen molar-refractivity contribution < 1.29 is 4.79 Å². The third-order valence-corrected chi connectivity index (χ3v) is 3.88. The zero-order valence-electron chi connectivity index (χ0n) is 15.8. The van der Waals surface area contributed by atoms with Crippen LogP contribution >= 0.6 is 0 Å². The summed E-state index contributed by atoms with van der Waals surface area (Å²) >= 11 is 0. The molecule has 0 saturated carbocycles. The van der Waals surface area contributed by atoms with Crippen molar-refractivity contribution in [2.75, 3.05) is 5.32 Å². The first-order valence-electron chi connectivity index (χ1n) is 8.86. The van der Waals surface area contributed by atoms with Gasteiger partial charge in [-0.05, 0) is 56.7 Å². The topological polar surface area (TPSA) is 42.0 Å². The first-order chi connectivity index (χ1) is 12.9. The minimum Gasteiger partial charge on any atom is -0.321 e. The van der Waals surface area contributed by atoms with Crippen molar-refractivity contribution in [2.24, 2.45) is 5.41 Å². The molecule has 3 heteroatoms. The Morgan fingerprint density at radius 2 is 1.70 bits per heavy atom. The monoisotopic (exact) mass is 354 g/mol. The summed E-state index contributed by atoms with van der Waals surface area (Å²) in [5.41, 5.74) is 4.23. The maximum absolute atomic E-state index is 12.5. The summed E-state index contributed by atoms with van der Waals surface area (Å²) in [5.74, 6) is 6.27. The lowest BCUT2D eigenvalue weighted by Gasteiger charge is -2.11. The van der Waals surface area contributed by atoms with Gasteiger partial charge in [-0.2, -0.15) is 0 Å². The average molecular weight is 354 g/mol. The van der Waals surface area contributed by atoms with Gasteiger partial charge in [0.2, 0.25) is 0 Å². The molecule has 0 aliphatic carbocycles. The summed E-state index contributed by atoms with van der Waals surface area (Å²) in [6, 6.07) is 19.3. The average Bonchev–Trinajstić information content (AvgIpc) is 2.67. The lowest BCUT2D eigenvalue weighted by atomic mass is 9.97. The number of carbonyl (C=O) groups excluding carboxylic acids is 1. The van der Waals surface area contributed by atoms with Crippen LogP contribution in [-0.4, -0.2) is 10.9 Å². The predicted octanol–water partition coefficient (Wildman–Crippen LogP) is 5.40. The summed E-state index contributed by atoms with van der Waals surface area (Å²) in [6.07, 6.45) is 3.20. The molecule has 0 aliphatic rings. The van der Waals surface area contributed by atoms with Gasteiger partial charge >= 0.3 is 0 Å². The van der Waals surface area contributed by atoms with Crippen LogP contribution in [0.25, 0.3) is 11.1 Å². The van der Waals surface area contributed by atoms with Crippen LogP contribution in [0.4, 0.5) is 5.69 Å². The van der Waals surface area contributed by atoms with Gasteiger partial charge in [0.05, 0.1) is 5.56 Å². The van der Waals surface area contributed by atoms with Crippen LogP contribution in [0, 0.1) is 17.3 Å². The number of para-hydroxylation sites is 1. The third-order valence-electron chi connectivity index (χ3n) is 3.88. The summed E-state index contributed by atoms with van der Waals surface area (Å²) < 4.78 is 0. The molecule has 0 aliphatic heterocycles. The number of amides is 1. The summed E-state index contributed by atoms with van der Waals surface area (Å²) in [7, 11) is 0. The van der Waals surface area contributed by atoms with E-state index in [1.54, 1.807) is 24.5 Å². The predicted molar refractivity (Wildman–Crippen MR) is 110 cm³/mol. The van der Waals surface area contributed by atoms with Crippen LogP contribution in [0.2, 0.25) is 0 Å². The smallest absolute Gasteiger partial charge is 0.257 e. The Labute approximate surface area is 160 Å². The maximum Gasteiger partial charge on any atom is 0.257 e. The molecule has 0 bridgehead atoms. The summed E-state index contributed by atoms with van der Waals surface area (Å²) in [4.78, 5) is 16.5.